The van der Waals surface area contributed by atoms with Gasteiger partial charge >= 0.3 is 0 Å². The van der Waals surface area contributed by atoms with E-state index in [0.29, 0.717) is 5.88 Å². The van der Waals surface area contributed by atoms with Crippen LogP contribution in [0.2, 0.25) is 0 Å². The van der Waals surface area contributed by atoms with E-state index in [1.165, 1.54) is 31.4 Å². The highest BCUT2D eigenvalue weighted by atomic mass is 35.5. The number of aromatic nitrogens is 2. The Hall–Kier alpha value is -0.150. The zero-order valence-corrected chi connectivity index (χ0v) is 10.7. The molecule has 0 unspecified atom stereocenters. The van der Waals surface area contributed by atoms with Gasteiger partial charge in [0.25, 0.3) is 0 Å². The number of hydrogen-bond acceptors (Lipinski definition) is 2. The highest BCUT2D eigenvalue weighted by Crippen LogP contribution is 2.30. The second kappa shape index (κ2) is 5.26. The minimum atomic E-state index is 0.549. The van der Waals surface area contributed by atoms with E-state index in [0.717, 1.165) is 16.8 Å². The summed E-state index contributed by atoms with van der Waals surface area (Å²) in [5, 5.41) is 1.11. The van der Waals surface area contributed by atoms with Crippen molar-refractivity contribution in [3.05, 3.63) is 11.9 Å². The molecule has 2 nitrogen and oxygen atoms in total. The predicted molar refractivity (Wildman–Crippen MR) is 65.4 cm³/mol. The van der Waals surface area contributed by atoms with Crippen LogP contribution in [0.5, 0.6) is 0 Å². The first-order valence-electron chi connectivity index (χ1n) is 5.50. The first-order chi connectivity index (χ1) is 7.31. The Morgan fingerprint density at radius 1 is 1.53 bits per heavy atom. The number of halogens is 1. The third kappa shape index (κ3) is 2.70. The molecule has 0 aliphatic heterocycles. The molecule has 0 bridgehead atoms. The standard InChI is InChI=1S/C11H17ClN2S/c1-14-10(6-12)7-13-11(14)15-8-9-4-2-3-5-9/h7,9H,2-6,8H2,1H3. The number of alkyl halides is 1. The Bertz CT molecular complexity index is 318. The van der Waals surface area contributed by atoms with Crippen molar-refractivity contribution in [2.24, 2.45) is 13.0 Å². The Labute approximate surface area is 100 Å². The van der Waals surface area contributed by atoms with Gasteiger partial charge in [-0.3, -0.25) is 0 Å². The summed E-state index contributed by atoms with van der Waals surface area (Å²) < 4.78 is 2.10. The van der Waals surface area contributed by atoms with Crippen molar-refractivity contribution < 1.29 is 0 Å². The quantitative estimate of drug-likeness (QED) is 0.597. The van der Waals surface area contributed by atoms with E-state index >= 15 is 0 Å². The summed E-state index contributed by atoms with van der Waals surface area (Å²) in [4.78, 5) is 4.39. The fourth-order valence-electron chi connectivity index (χ4n) is 2.05. The van der Waals surface area contributed by atoms with Gasteiger partial charge in [0.2, 0.25) is 0 Å². The largest absolute Gasteiger partial charge is 0.325 e. The van der Waals surface area contributed by atoms with Crippen molar-refractivity contribution in [1.82, 2.24) is 9.55 Å². The monoisotopic (exact) mass is 244 g/mol. The predicted octanol–water partition coefficient (Wildman–Crippen LogP) is 3.44. The first-order valence-corrected chi connectivity index (χ1v) is 7.02. The molecule has 1 aliphatic carbocycles. The number of rotatable bonds is 4. The lowest BCUT2D eigenvalue weighted by atomic mass is 10.1. The molecule has 1 heterocycles. The lowest BCUT2D eigenvalue weighted by molar-refractivity contribution is 0.621. The average molecular weight is 245 g/mol. The Morgan fingerprint density at radius 2 is 2.27 bits per heavy atom. The zero-order chi connectivity index (χ0) is 10.7. The molecule has 15 heavy (non-hydrogen) atoms. The van der Waals surface area contributed by atoms with Gasteiger partial charge in [-0.15, -0.1) is 11.6 Å². The maximum atomic E-state index is 5.80. The highest BCUT2D eigenvalue weighted by Gasteiger charge is 2.16. The van der Waals surface area contributed by atoms with E-state index < -0.39 is 0 Å². The molecule has 1 aromatic rings. The van der Waals surface area contributed by atoms with Crippen LogP contribution in [-0.2, 0) is 12.9 Å². The van der Waals surface area contributed by atoms with Gasteiger partial charge in [0, 0.05) is 12.8 Å². The van der Waals surface area contributed by atoms with Crippen molar-refractivity contribution in [3.8, 4) is 0 Å². The second-order valence-electron chi connectivity index (χ2n) is 4.19. The van der Waals surface area contributed by atoms with Gasteiger partial charge in [0.1, 0.15) is 0 Å². The maximum absolute atomic E-state index is 5.80. The molecular weight excluding hydrogens is 228 g/mol. The van der Waals surface area contributed by atoms with Gasteiger partial charge in [0.15, 0.2) is 5.16 Å². The molecule has 2 rings (SSSR count). The van der Waals surface area contributed by atoms with Crippen LogP contribution in [0.3, 0.4) is 0 Å². The van der Waals surface area contributed by atoms with Crippen molar-refractivity contribution in [2.75, 3.05) is 5.75 Å². The third-order valence-electron chi connectivity index (χ3n) is 3.10. The maximum Gasteiger partial charge on any atom is 0.167 e. The van der Waals surface area contributed by atoms with E-state index in [4.69, 9.17) is 11.6 Å². The average Bonchev–Trinajstić information content (AvgIpc) is 2.85. The molecule has 0 atom stereocenters. The number of imidazole rings is 1. The second-order valence-corrected chi connectivity index (χ2v) is 5.44. The molecule has 0 saturated heterocycles. The van der Waals surface area contributed by atoms with E-state index in [9.17, 15) is 0 Å². The smallest absolute Gasteiger partial charge is 0.167 e. The topological polar surface area (TPSA) is 17.8 Å². The van der Waals surface area contributed by atoms with Gasteiger partial charge in [-0.2, -0.15) is 0 Å². The van der Waals surface area contributed by atoms with Crippen LogP contribution in [0.15, 0.2) is 11.4 Å². The van der Waals surface area contributed by atoms with Crippen LogP contribution in [0.1, 0.15) is 31.4 Å². The minimum absolute atomic E-state index is 0.549. The molecule has 1 fully saturated rings. The molecule has 0 aromatic carbocycles. The molecule has 1 aromatic heterocycles. The van der Waals surface area contributed by atoms with Gasteiger partial charge in [0.05, 0.1) is 17.8 Å². The third-order valence-corrected chi connectivity index (χ3v) is 4.65. The van der Waals surface area contributed by atoms with Gasteiger partial charge in [-0.1, -0.05) is 24.6 Å². The van der Waals surface area contributed by atoms with E-state index in [1.54, 1.807) is 0 Å². The van der Waals surface area contributed by atoms with Crippen molar-refractivity contribution >= 4 is 23.4 Å². The van der Waals surface area contributed by atoms with Crippen LogP contribution < -0.4 is 0 Å². The molecular formula is C11H17ClN2S. The summed E-state index contributed by atoms with van der Waals surface area (Å²) in [6.45, 7) is 0. The molecule has 84 valence electrons. The summed E-state index contributed by atoms with van der Waals surface area (Å²) in [5.74, 6) is 2.67. The summed E-state index contributed by atoms with van der Waals surface area (Å²) >= 11 is 7.68. The molecule has 0 spiro atoms. The van der Waals surface area contributed by atoms with E-state index in [2.05, 4.69) is 9.55 Å². The van der Waals surface area contributed by atoms with Crippen molar-refractivity contribution in [2.45, 2.75) is 36.7 Å². The van der Waals surface area contributed by atoms with Crippen LogP contribution in [0, 0.1) is 5.92 Å². The summed E-state index contributed by atoms with van der Waals surface area (Å²) in [6, 6.07) is 0. The summed E-state index contributed by atoms with van der Waals surface area (Å²) in [5.41, 5.74) is 1.10. The molecule has 0 N–H and O–H groups in total. The van der Waals surface area contributed by atoms with Gasteiger partial charge < -0.3 is 4.57 Å². The van der Waals surface area contributed by atoms with Crippen LogP contribution in [0.4, 0.5) is 0 Å². The van der Waals surface area contributed by atoms with Crippen LogP contribution >= 0.6 is 23.4 Å². The minimum Gasteiger partial charge on any atom is -0.325 e. The van der Waals surface area contributed by atoms with Gasteiger partial charge in [-0.05, 0) is 18.8 Å². The SMILES string of the molecule is Cn1c(CCl)cnc1SCC1CCCC1. The lowest BCUT2D eigenvalue weighted by Crippen LogP contribution is -2.00. The molecule has 1 aliphatic rings. The number of nitrogens with zero attached hydrogens (tertiary/aromatic N) is 2. The van der Waals surface area contributed by atoms with Crippen LogP contribution in [0.25, 0.3) is 0 Å². The molecule has 4 heteroatoms. The zero-order valence-electron chi connectivity index (χ0n) is 9.08. The molecule has 1 saturated carbocycles. The Kier molecular flexibility index (Phi) is 3.98. The Morgan fingerprint density at radius 3 is 2.87 bits per heavy atom. The highest BCUT2D eigenvalue weighted by molar-refractivity contribution is 7.99. The lowest BCUT2D eigenvalue weighted by Gasteiger charge is -2.08. The Balaban J connectivity index is 1.89. The number of thioether (sulfide) groups is 1. The molecule has 0 amide bonds. The molecule has 0 radical (unpaired) electrons. The number of hydrogen-bond donors (Lipinski definition) is 0. The van der Waals surface area contributed by atoms with Crippen LogP contribution in [-0.4, -0.2) is 15.3 Å². The van der Waals surface area contributed by atoms with Crippen molar-refractivity contribution in [3.63, 3.8) is 0 Å². The van der Waals surface area contributed by atoms with Crippen molar-refractivity contribution in [1.29, 1.82) is 0 Å². The van der Waals surface area contributed by atoms with E-state index in [1.807, 2.05) is 25.0 Å². The summed E-state index contributed by atoms with van der Waals surface area (Å²) in [7, 11) is 2.04. The van der Waals surface area contributed by atoms with E-state index in [-0.39, 0.29) is 0 Å². The normalized spacial score (nSPS) is 17.5. The fraction of sp³-hybridized carbons (Fsp3) is 0.727. The fourth-order valence-corrected chi connectivity index (χ4v) is 3.46. The van der Waals surface area contributed by atoms with Gasteiger partial charge in [-0.25, -0.2) is 4.98 Å². The summed E-state index contributed by atoms with van der Waals surface area (Å²) in [6.07, 6.45) is 7.51. The first kappa shape index (κ1) is 11.3.